The quantitative estimate of drug-likeness (QED) is 0.824. The minimum Gasteiger partial charge on any atom is -0.479 e. The van der Waals surface area contributed by atoms with E-state index >= 15 is 0 Å². The monoisotopic (exact) mass is 291 g/mol. The first kappa shape index (κ1) is 13.9. The summed E-state index contributed by atoms with van der Waals surface area (Å²) >= 11 is 0. The molecule has 0 aromatic carbocycles. The van der Waals surface area contributed by atoms with Crippen LogP contribution in [0.2, 0.25) is 0 Å². The van der Waals surface area contributed by atoms with Gasteiger partial charge in [-0.05, 0) is 0 Å². The summed E-state index contributed by atoms with van der Waals surface area (Å²) in [5, 5.41) is 2.83. The number of nitrogens with zero attached hydrogens (tertiary/aromatic N) is 2. The molecule has 9 heteroatoms. The van der Waals surface area contributed by atoms with Gasteiger partial charge in [0.1, 0.15) is 0 Å². The Bertz CT molecular complexity index is 566. The van der Waals surface area contributed by atoms with Gasteiger partial charge in [-0.1, -0.05) is 0 Å². The van der Waals surface area contributed by atoms with E-state index in [0.29, 0.717) is 0 Å². The Balaban J connectivity index is 2.17. The van der Waals surface area contributed by atoms with Crippen LogP contribution in [0.25, 0.3) is 0 Å². The van der Waals surface area contributed by atoms with Gasteiger partial charge in [0.05, 0.1) is 37.0 Å². The molecule has 2 rings (SSSR count). The van der Waals surface area contributed by atoms with Crippen molar-refractivity contribution in [2.75, 3.05) is 31.0 Å². The lowest BCUT2D eigenvalue weighted by atomic mass is 10.2. The molecule has 1 aromatic heterocycles. The van der Waals surface area contributed by atoms with Crippen molar-refractivity contribution in [2.24, 2.45) is 0 Å². The van der Waals surface area contributed by atoms with Gasteiger partial charge in [-0.2, -0.15) is 9.37 Å². The van der Waals surface area contributed by atoms with Crippen LogP contribution in [0.4, 0.5) is 10.3 Å². The Morgan fingerprint density at radius 1 is 1.42 bits per heavy atom. The molecule has 0 amide bonds. The summed E-state index contributed by atoms with van der Waals surface area (Å²) < 4.78 is 46.1. The smallest absolute Gasteiger partial charge is 0.255 e. The standard InChI is InChI=1S/C10H14FN3O4S/c1-17-8-5-19(15,16)4-7(8)13-10-12-3-6(11)9(14-10)18-2/h3,7-8H,4-5H2,1-2H3,(H,12,13,14)/t7-,8-/m1/s1. The van der Waals surface area contributed by atoms with Crippen molar-refractivity contribution in [1.82, 2.24) is 9.97 Å². The third-order valence-corrected chi connectivity index (χ3v) is 4.53. The summed E-state index contributed by atoms with van der Waals surface area (Å²) in [4.78, 5) is 7.54. The van der Waals surface area contributed by atoms with Crippen molar-refractivity contribution in [3.05, 3.63) is 12.0 Å². The first-order chi connectivity index (χ1) is 8.95. The zero-order valence-corrected chi connectivity index (χ0v) is 11.3. The molecule has 1 aliphatic heterocycles. The Kier molecular flexibility index (Phi) is 3.85. The third-order valence-electron chi connectivity index (χ3n) is 2.82. The summed E-state index contributed by atoms with van der Waals surface area (Å²) in [6.07, 6.45) is 0.476. The SMILES string of the molecule is COc1nc(N[C@@H]2CS(=O)(=O)C[C@H]2OC)ncc1F. The van der Waals surface area contributed by atoms with Gasteiger partial charge in [-0.15, -0.1) is 0 Å². The van der Waals surface area contributed by atoms with Crippen molar-refractivity contribution >= 4 is 15.8 Å². The molecule has 106 valence electrons. The number of hydrogen-bond donors (Lipinski definition) is 1. The van der Waals surface area contributed by atoms with E-state index in [0.717, 1.165) is 6.20 Å². The van der Waals surface area contributed by atoms with E-state index in [9.17, 15) is 12.8 Å². The fraction of sp³-hybridized carbons (Fsp3) is 0.600. The number of anilines is 1. The summed E-state index contributed by atoms with van der Waals surface area (Å²) in [5.74, 6) is -0.918. The van der Waals surface area contributed by atoms with Gasteiger partial charge >= 0.3 is 0 Å². The summed E-state index contributed by atoms with van der Waals surface area (Å²) in [6.45, 7) is 0. The van der Waals surface area contributed by atoms with E-state index in [-0.39, 0.29) is 23.3 Å². The highest BCUT2D eigenvalue weighted by molar-refractivity contribution is 7.91. The molecule has 0 aliphatic carbocycles. The minimum absolute atomic E-state index is 0.0561. The molecule has 7 nitrogen and oxygen atoms in total. The van der Waals surface area contributed by atoms with Gasteiger partial charge in [-0.25, -0.2) is 13.4 Å². The molecule has 1 N–H and O–H groups in total. The second-order valence-electron chi connectivity index (χ2n) is 4.15. The van der Waals surface area contributed by atoms with Crippen LogP contribution in [0, 0.1) is 5.82 Å². The van der Waals surface area contributed by atoms with Crippen LogP contribution in [0.3, 0.4) is 0 Å². The second kappa shape index (κ2) is 5.25. The zero-order valence-electron chi connectivity index (χ0n) is 10.5. The van der Waals surface area contributed by atoms with E-state index in [1.54, 1.807) is 0 Å². The molecule has 0 saturated carbocycles. The predicted octanol–water partition coefficient (Wildman–Crippen LogP) is -0.152. The van der Waals surface area contributed by atoms with Crippen LogP contribution in [-0.2, 0) is 14.6 Å². The normalized spacial score (nSPS) is 25.2. The number of rotatable bonds is 4. The van der Waals surface area contributed by atoms with Crippen LogP contribution in [0.15, 0.2) is 6.20 Å². The molecule has 0 bridgehead atoms. The molecular weight excluding hydrogens is 277 g/mol. The molecule has 19 heavy (non-hydrogen) atoms. The number of ether oxygens (including phenoxy) is 2. The number of sulfone groups is 1. The second-order valence-corrected chi connectivity index (χ2v) is 6.31. The maximum Gasteiger partial charge on any atom is 0.255 e. The summed E-state index contributed by atoms with van der Waals surface area (Å²) in [7, 11) is -0.427. The van der Waals surface area contributed by atoms with Crippen molar-refractivity contribution in [3.63, 3.8) is 0 Å². The fourth-order valence-corrected chi connectivity index (χ4v) is 3.76. The molecule has 0 spiro atoms. The van der Waals surface area contributed by atoms with Gasteiger partial charge in [-0.3, -0.25) is 0 Å². The van der Waals surface area contributed by atoms with Crippen LogP contribution in [0.1, 0.15) is 0 Å². The fourth-order valence-electron chi connectivity index (χ4n) is 1.91. The molecular formula is C10H14FN3O4S. The Morgan fingerprint density at radius 3 is 2.79 bits per heavy atom. The lowest BCUT2D eigenvalue weighted by molar-refractivity contribution is 0.115. The van der Waals surface area contributed by atoms with Crippen molar-refractivity contribution in [1.29, 1.82) is 0 Å². The topological polar surface area (TPSA) is 90.4 Å². The average molecular weight is 291 g/mol. The Morgan fingerprint density at radius 2 is 2.16 bits per heavy atom. The largest absolute Gasteiger partial charge is 0.479 e. The Labute approximate surface area is 110 Å². The van der Waals surface area contributed by atoms with Crippen molar-refractivity contribution in [2.45, 2.75) is 12.1 Å². The molecule has 1 saturated heterocycles. The highest BCUT2D eigenvalue weighted by Gasteiger charge is 2.38. The van der Waals surface area contributed by atoms with E-state index in [1.807, 2.05) is 0 Å². The predicted molar refractivity (Wildman–Crippen MR) is 65.4 cm³/mol. The highest BCUT2D eigenvalue weighted by Crippen LogP contribution is 2.20. The molecule has 0 unspecified atom stereocenters. The molecule has 2 heterocycles. The first-order valence-electron chi connectivity index (χ1n) is 5.51. The number of hydrogen-bond acceptors (Lipinski definition) is 7. The number of halogens is 1. The number of nitrogens with one attached hydrogen (secondary N) is 1. The maximum atomic E-state index is 13.2. The lowest BCUT2D eigenvalue weighted by Gasteiger charge is -2.17. The van der Waals surface area contributed by atoms with E-state index in [4.69, 9.17) is 9.47 Å². The summed E-state index contributed by atoms with van der Waals surface area (Å²) in [5.41, 5.74) is 0. The first-order valence-corrected chi connectivity index (χ1v) is 7.33. The lowest BCUT2D eigenvalue weighted by Crippen LogP contribution is -2.34. The number of methoxy groups -OCH3 is 2. The van der Waals surface area contributed by atoms with Crippen molar-refractivity contribution < 1.29 is 22.3 Å². The highest BCUT2D eigenvalue weighted by atomic mass is 32.2. The van der Waals surface area contributed by atoms with E-state index in [2.05, 4.69) is 15.3 Å². The van der Waals surface area contributed by atoms with Gasteiger partial charge in [0.2, 0.25) is 11.8 Å². The third kappa shape index (κ3) is 3.10. The van der Waals surface area contributed by atoms with E-state index in [1.165, 1.54) is 14.2 Å². The van der Waals surface area contributed by atoms with E-state index < -0.39 is 27.8 Å². The van der Waals surface area contributed by atoms with Gasteiger partial charge in [0, 0.05) is 7.11 Å². The maximum absolute atomic E-state index is 13.2. The molecule has 1 aliphatic rings. The van der Waals surface area contributed by atoms with Crippen molar-refractivity contribution in [3.8, 4) is 5.88 Å². The molecule has 0 radical (unpaired) electrons. The Hall–Kier alpha value is -1.48. The van der Waals surface area contributed by atoms with Crippen LogP contribution in [-0.4, -0.2) is 56.3 Å². The van der Waals surface area contributed by atoms with Gasteiger partial charge in [0.25, 0.3) is 5.88 Å². The summed E-state index contributed by atoms with van der Waals surface area (Å²) in [6, 6.07) is -0.467. The molecule has 1 fully saturated rings. The molecule has 1 aromatic rings. The van der Waals surface area contributed by atoms with Crippen LogP contribution >= 0.6 is 0 Å². The minimum atomic E-state index is -3.15. The number of aromatic nitrogens is 2. The van der Waals surface area contributed by atoms with Gasteiger partial charge < -0.3 is 14.8 Å². The van der Waals surface area contributed by atoms with Gasteiger partial charge in [0.15, 0.2) is 9.84 Å². The van der Waals surface area contributed by atoms with Crippen LogP contribution in [0.5, 0.6) is 5.88 Å². The average Bonchev–Trinajstić information content (AvgIpc) is 2.66. The zero-order chi connectivity index (χ0) is 14.0. The van der Waals surface area contributed by atoms with Crippen LogP contribution < -0.4 is 10.1 Å². The molecule has 2 atom stereocenters.